The van der Waals surface area contributed by atoms with Gasteiger partial charge in [-0.1, -0.05) is 19.3 Å². The molecule has 0 aromatic carbocycles. The van der Waals surface area contributed by atoms with E-state index in [0.717, 1.165) is 6.42 Å². The van der Waals surface area contributed by atoms with Crippen LogP contribution in [0.3, 0.4) is 0 Å². The normalized spacial score (nSPS) is 20.0. The summed E-state index contributed by atoms with van der Waals surface area (Å²) >= 11 is 0. The monoisotopic (exact) mass is 225 g/mol. The lowest BCUT2D eigenvalue weighted by Crippen LogP contribution is -2.35. The zero-order chi connectivity index (χ0) is 11.3. The van der Waals surface area contributed by atoms with Crippen LogP contribution < -0.4 is 5.32 Å². The number of likely N-dealkylation sites (N-methyl/N-ethyl adjacent to an activating group) is 1. The summed E-state index contributed by atoms with van der Waals surface area (Å²) in [5, 5.41) is 3.00. The SMILES string of the molecule is CNC(COCC(F)(F)F)CC1CCC1. The molecule has 1 aliphatic carbocycles. The molecule has 0 aliphatic heterocycles. The van der Waals surface area contributed by atoms with Gasteiger partial charge in [0, 0.05) is 6.04 Å². The minimum absolute atomic E-state index is 0.0534. The third-order valence-corrected chi connectivity index (χ3v) is 2.84. The molecule has 1 unspecified atom stereocenters. The molecule has 0 radical (unpaired) electrons. The summed E-state index contributed by atoms with van der Waals surface area (Å²) < 4.78 is 40.0. The second kappa shape index (κ2) is 5.70. The average molecular weight is 225 g/mol. The van der Waals surface area contributed by atoms with Crippen molar-refractivity contribution in [1.29, 1.82) is 0 Å². The number of nitrogens with one attached hydrogen (secondary N) is 1. The van der Waals surface area contributed by atoms with Crippen molar-refractivity contribution in [2.75, 3.05) is 20.3 Å². The van der Waals surface area contributed by atoms with Gasteiger partial charge in [-0.3, -0.25) is 0 Å². The lowest BCUT2D eigenvalue weighted by Gasteiger charge is -2.29. The predicted octanol–water partition coefficient (Wildman–Crippen LogP) is 2.34. The first-order valence-electron chi connectivity index (χ1n) is 5.33. The molecule has 0 amide bonds. The molecule has 0 heterocycles. The van der Waals surface area contributed by atoms with Crippen molar-refractivity contribution in [3.63, 3.8) is 0 Å². The fraction of sp³-hybridized carbons (Fsp3) is 1.00. The molecule has 0 aromatic rings. The zero-order valence-corrected chi connectivity index (χ0v) is 8.94. The van der Waals surface area contributed by atoms with Crippen LogP contribution >= 0.6 is 0 Å². The molecule has 5 heteroatoms. The van der Waals surface area contributed by atoms with E-state index < -0.39 is 12.8 Å². The maximum absolute atomic E-state index is 11.8. The summed E-state index contributed by atoms with van der Waals surface area (Å²) in [7, 11) is 1.76. The van der Waals surface area contributed by atoms with Gasteiger partial charge in [-0.2, -0.15) is 13.2 Å². The molecule has 0 aromatic heterocycles. The Morgan fingerprint density at radius 1 is 1.40 bits per heavy atom. The van der Waals surface area contributed by atoms with E-state index in [1.54, 1.807) is 7.05 Å². The lowest BCUT2D eigenvalue weighted by atomic mass is 9.81. The summed E-state index contributed by atoms with van der Waals surface area (Å²) in [5.74, 6) is 0.678. The van der Waals surface area contributed by atoms with Gasteiger partial charge in [0.05, 0.1) is 6.61 Å². The summed E-state index contributed by atoms with van der Waals surface area (Å²) in [6.07, 6.45) is 0.378. The summed E-state index contributed by atoms with van der Waals surface area (Å²) in [6, 6.07) is 0.0534. The van der Waals surface area contributed by atoms with Crippen molar-refractivity contribution >= 4 is 0 Å². The Bertz CT molecular complexity index is 180. The first-order valence-corrected chi connectivity index (χ1v) is 5.33. The largest absolute Gasteiger partial charge is 0.411 e. The lowest BCUT2D eigenvalue weighted by molar-refractivity contribution is -0.175. The molecule has 90 valence electrons. The fourth-order valence-corrected chi connectivity index (χ4v) is 1.72. The van der Waals surface area contributed by atoms with E-state index in [1.807, 2.05) is 0 Å². The van der Waals surface area contributed by atoms with Gasteiger partial charge >= 0.3 is 6.18 Å². The van der Waals surface area contributed by atoms with Gasteiger partial charge in [0.15, 0.2) is 0 Å². The average Bonchev–Trinajstić information content (AvgIpc) is 2.05. The van der Waals surface area contributed by atoms with E-state index in [0.29, 0.717) is 5.92 Å². The number of halogens is 3. The Hall–Kier alpha value is -0.290. The molecule has 0 bridgehead atoms. The van der Waals surface area contributed by atoms with Crippen LogP contribution in [0, 0.1) is 5.92 Å². The van der Waals surface area contributed by atoms with E-state index >= 15 is 0 Å². The molecular formula is C10H18F3NO. The highest BCUT2D eigenvalue weighted by atomic mass is 19.4. The molecule has 1 saturated carbocycles. The number of hydrogen-bond donors (Lipinski definition) is 1. The highest BCUT2D eigenvalue weighted by molar-refractivity contribution is 4.76. The van der Waals surface area contributed by atoms with Crippen LogP contribution in [0.25, 0.3) is 0 Å². The molecule has 0 spiro atoms. The molecule has 1 fully saturated rings. The Morgan fingerprint density at radius 3 is 2.47 bits per heavy atom. The van der Waals surface area contributed by atoms with Gasteiger partial charge in [-0.15, -0.1) is 0 Å². The standard InChI is InChI=1S/C10H18F3NO/c1-14-9(5-8-3-2-4-8)6-15-7-10(11,12)13/h8-9,14H,2-7H2,1H3. The van der Waals surface area contributed by atoms with Gasteiger partial charge in [-0.25, -0.2) is 0 Å². The smallest absolute Gasteiger partial charge is 0.370 e. The number of alkyl halides is 3. The summed E-state index contributed by atoms with van der Waals surface area (Å²) in [5.41, 5.74) is 0. The topological polar surface area (TPSA) is 21.3 Å². The van der Waals surface area contributed by atoms with E-state index in [1.165, 1.54) is 19.3 Å². The van der Waals surface area contributed by atoms with E-state index in [9.17, 15) is 13.2 Å². The van der Waals surface area contributed by atoms with Crippen molar-refractivity contribution in [1.82, 2.24) is 5.32 Å². The quantitative estimate of drug-likeness (QED) is 0.749. The zero-order valence-electron chi connectivity index (χ0n) is 8.94. The molecular weight excluding hydrogens is 207 g/mol. The van der Waals surface area contributed by atoms with Crippen molar-refractivity contribution < 1.29 is 17.9 Å². The van der Waals surface area contributed by atoms with Crippen LogP contribution in [-0.4, -0.2) is 32.5 Å². The van der Waals surface area contributed by atoms with Gasteiger partial charge < -0.3 is 10.1 Å². The van der Waals surface area contributed by atoms with E-state index in [2.05, 4.69) is 10.1 Å². The minimum Gasteiger partial charge on any atom is -0.370 e. The van der Waals surface area contributed by atoms with Crippen LogP contribution in [0.15, 0.2) is 0 Å². The highest BCUT2D eigenvalue weighted by Gasteiger charge is 2.28. The maximum Gasteiger partial charge on any atom is 0.411 e. The maximum atomic E-state index is 11.8. The van der Waals surface area contributed by atoms with Crippen molar-refractivity contribution in [3.8, 4) is 0 Å². The Kier molecular flexibility index (Phi) is 4.86. The predicted molar refractivity (Wildman–Crippen MR) is 51.7 cm³/mol. The third kappa shape index (κ3) is 5.37. The van der Waals surface area contributed by atoms with Crippen LogP contribution in [-0.2, 0) is 4.74 Å². The Labute approximate surface area is 88.2 Å². The summed E-state index contributed by atoms with van der Waals surface area (Å²) in [4.78, 5) is 0. The van der Waals surface area contributed by atoms with Crippen molar-refractivity contribution in [2.45, 2.75) is 37.9 Å². The number of rotatable bonds is 6. The number of ether oxygens (including phenoxy) is 1. The summed E-state index contributed by atoms with van der Waals surface area (Å²) in [6.45, 7) is -0.998. The third-order valence-electron chi connectivity index (χ3n) is 2.84. The van der Waals surface area contributed by atoms with Gasteiger partial charge in [0.25, 0.3) is 0 Å². The van der Waals surface area contributed by atoms with E-state index in [4.69, 9.17) is 0 Å². The molecule has 2 nitrogen and oxygen atoms in total. The molecule has 1 rings (SSSR count). The first-order chi connectivity index (χ1) is 7.01. The van der Waals surface area contributed by atoms with Crippen LogP contribution in [0.2, 0.25) is 0 Å². The van der Waals surface area contributed by atoms with Gasteiger partial charge in [-0.05, 0) is 19.4 Å². The number of hydrogen-bond acceptors (Lipinski definition) is 2. The van der Waals surface area contributed by atoms with Crippen LogP contribution in [0.1, 0.15) is 25.7 Å². The second-order valence-electron chi connectivity index (χ2n) is 4.15. The first kappa shape index (κ1) is 12.8. The fourth-order valence-electron chi connectivity index (χ4n) is 1.72. The minimum atomic E-state index is -4.21. The van der Waals surface area contributed by atoms with Gasteiger partial charge in [0.2, 0.25) is 0 Å². The van der Waals surface area contributed by atoms with E-state index in [-0.39, 0.29) is 12.6 Å². The highest BCUT2D eigenvalue weighted by Crippen LogP contribution is 2.30. The Balaban J connectivity index is 2.10. The van der Waals surface area contributed by atoms with Crippen molar-refractivity contribution in [2.24, 2.45) is 5.92 Å². The van der Waals surface area contributed by atoms with Gasteiger partial charge in [0.1, 0.15) is 6.61 Å². The molecule has 1 atom stereocenters. The van der Waals surface area contributed by atoms with Crippen molar-refractivity contribution in [3.05, 3.63) is 0 Å². The molecule has 1 N–H and O–H groups in total. The second-order valence-corrected chi connectivity index (χ2v) is 4.15. The molecule has 0 saturated heterocycles. The van der Waals surface area contributed by atoms with Crippen LogP contribution in [0.5, 0.6) is 0 Å². The van der Waals surface area contributed by atoms with Crippen LogP contribution in [0.4, 0.5) is 13.2 Å². The Morgan fingerprint density at radius 2 is 2.07 bits per heavy atom. The molecule has 1 aliphatic rings. The molecule has 15 heavy (non-hydrogen) atoms.